The molecule has 2 aliphatic rings. The first-order valence-electron chi connectivity index (χ1n) is 6.45. The van der Waals surface area contributed by atoms with Crippen molar-refractivity contribution in [1.82, 2.24) is 10.2 Å². The minimum Gasteiger partial charge on any atom is -0.393 e. The van der Waals surface area contributed by atoms with Crippen molar-refractivity contribution in [1.29, 1.82) is 0 Å². The Bertz CT molecular complexity index is 308. The van der Waals surface area contributed by atoms with Crippen LogP contribution in [0.15, 0.2) is 0 Å². The fraction of sp³-hybridized carbons (Fsp3) is 0.833. The van der Waals surface area contributed by atoms with Crippen molar-refractivity contribution in [2.75, 3.05) is 19.6 Å². The normalized spacial score (nSPS) is 29.5. The van der Waals surface area contributed by atoms with Crippen LogP contribution in [0.25, 0.3) is 0 Å². The summed E-state index contributed by atoms with van der Waals surface area (Å²) in [5.41, 5.74) is 5.49. The molecule has 0 aromatic carbocycles. The van der Waals surface area contributed by atoms with Gasteiger partial charge in [-0.1, -0.05) is 12.2 Å². The number of fused-ring (bicyclic) bond motifs is 1. The van der Waals surface area contributed by atoms with Crippen LogP contribution in [0.3, 0.4) is 0 Å². The van der Waals surface area contributed by atoms with Crippen molar-refractivity contribution in [2.24, 2.45) is 11.7 Å². The standard InChI is InChI=1S/C12H21N3OS/c13-11(17)2-1-6-15-7-5-10-9(8-15)3-4-12(16)14-10/h9-10H,1-8H2,(H2,13,17)(H,14,16). The van der Waals surface area contributed by atoms with Crippen molar-refractivity contribution in [2.45, 2.75) is 38.1 Å². The minimum atomic E-state index is 0.230. The Hall–Kier alpha value is -0.680. The lowest BCUT2D eigenvalue weighted by Crippen LogP contribution is -2.54. The zero-order valence-electron chi connectivity index (χ0n) is 10.2. The van der Waals surface area contributed by atoms with Gasteiger partial charge in [-0.15, -0.1) is 0 Å². The number of thiocarbonyl (C=S) groups is 1. The van der Waals surface area contributed by atoms with E-state index in [9.17, 15) is 4.79 Å². The van der Waals surface area contributed by atoms with Crippen LogP contribution in [-0.4, -0.2) is 41.5 Å². The van der Waals surface area contributed by atoms with Crippen LogP contribution < -0.4 is 11.1 Å². The number of hydrogen-bond donors (Lipinski definition) is 2. The Balaban J connectivity index is 1.74. The summed E-state index contributed by atoms with van der Waals surface area (Å²) in [4.78, 5) is 14.4. The number of likely N-dealkylation sites (tertiary alicyclic amines) is 1. The van der Waals surface area contributed by atoms with E-state index >= 15 is 0 Å². The Morgan fingerprint density at radius 3 is 3.12 bits per heavy atom. The summed E-state index contributed by atoms with van der Waals surface area (Å²) in [5.74, 6) is 0.874. The van der Waals surface area contributed by atoms with E-state index < -0.39 is 0 Å². The average Bonchev–Trinajstić information content (AvgIpc) is 2.29. The van der Waals surface area contributed by atoms with E-state index in [2.05, 4.69) is 10.2 Å². The number of carbonyl (C=O) groups is 1. The maximum atomic E-state index is 11.3. The van der Waals surface area contributed by atoms with Gasteiger partial charge in [-0.3, -0.25) is 4.79 Å². The van der Waals surface area contributed by atoms with Gasteiger partial charge in [0.2, 0.25) is 5.91 Å². The van der Waals surface area contributed by atoms with E-state index in [1.165, 1.54) is 0 Å². The predicted molar refractivity (Wildman–Crippen MR) is 71.7 cm³/mol. The minimum absolute atomic E-state index is 0.230. The van der Waals surface area contributed by atoms with Gasteiger partial charge in [-0.2, -0.15) is 0 Å². The zero-order valence-corrected chi connectivity index (χ0v) is 11.0. The summed E-state index contributed by atoms with van der Waals surface area (Å²) in [6, 6.07) is 0.420. The van der Waals surface area contributed by atoms with Crippen LogP contribution in [0.1, 0.15) is 32.1 Å². The van der Waals surface area contributed by atoms with Crippen LogP contribution in [0.4, 0.5) is 0 Å². The van der Waals surface area contributed by atoms with Gasteiger partial charge < -0.3 is 16.0 Å². The molecule has 0 aromatic rings. The molecule has 0 aromatic heterocycles. The highest BCUT2D eigenvalue weighted by atomic mass is 32.1. The first kappa shape index (κ1) is 12.8. The molecule has 96 valence electrons. The van der Waals surface area contributed by atoms with E-state index in [0.717, 1.165) is 45.3 Å². The van der Waals surface area contributed by atoms with Crippen LogP contribution >= 0.6 is 12.2 Å². The lowest BCUT2D eigenvalue weighted by molar-refractivity contribution is -0.125. The smallest absolute Gasteiger partial charge is 0.220 e. The first-order chi connectivity index (χ1) is 8.15. The summed E-state index contributed by atoms with van der Waals surface area (Å²) in [5, 5.41) is 3.11. The summed E-state index contributed by atoms with van der Waals surface area (Å²) in [6.07, 6.45) is 4.73. The van der Waals surface area contributed by atoms with Gasteiger partial charge in [0, 0.05) is 25.6 Å². The Morgan fingerprint density at radius 2 is 2.35 bits per heavy atom. The Labute approximate surface area is 108 Å². The van der Waals surface area contributed by atoms with Gasteiger partial charge in [0.1, 0.15) is 0 Å². The summed E-state index contributed by atoms with van der Waals surface area (Å²) < 4.78 is 0. The van der Waals surface area contributed by atoms with E-state index in [0.29, 0.717) is 23.4 Å². The van der Waals surface area contributed by atoms with Crippen molar-refractivity contribution < 1.29 is 4.79 Å². The molecule has 0 bridgehead atoms. The monoisotopic (exact) mass is 255 g/mol. The topological polar surface area (TPSA) is 58.4 Å². The summed E-state index contributed by atoms with van der Waals surface area (Å²) >= 11 is 4.88. The van der Waals surface area contributed by atoms with Crippen molar-refractivity contribution in [3.8, 4) is 0 Å². The van der Waals surface area contributed by atoms with E-state index in [1.54, 1.807) is 0 Å². The second-order valence-electron chi connectivity index (χ2n) is 5.13. The summed E-state index contributed by atoms with van der Waals surface area (Å²) in [7, 11) is 0. The van der Waals surface area contributed by atoms with Crippen LogP contribution in [-0.2, 0) is 4.79 Å². The highest BCUT2D eigenvalue weighted by Crippen LogP contribution is 2.25. The fourth-order valence-electron chi connectivity index (χ4n) is 2.87. The van der Waals surface area contributed by atoms with E-state index in [-0.39, 0.29) is 5.91 Å². The molecule has 2 heterocycles. The molecular weight excluding hydrogens is 234 g/mol. The van der Waals surface area contributed by atoms with Gasteiger partial charge in [0.05, 0.1) is 4.99 Å². The number of nitrogens with one attached hydrogen (secondary N) is 1. The van der Waals surface area contributed by atoms with Crippen LogP contribution in [0.5, 0.6) is 0 Å². The molecule has 17 heavy (non-hydrogen) atoms. The molecule has 2 atom stereocenters. The fourth-order valence-corrected chi connectivity index (χ4v) is 3.01. The Morgan fingerprint density at radius 1 is 1.53 bits per heavy atom. The largest absolute Gasteiger partial charge is 0.393 e. The van der Waals surface area contributed by atoms with Crippen molar-refractivity contribution in [3.05, 3.63) is 0 Å². The van der Waals surface area contributed by atoms with Gasteiger partial charge in [0.15, 0.2) is 0 Å². The SMILES string of the molecule is NC(=S)CCCN1CCC2NC(=O)CCC2C1. The van der Waals surface area contributed by atoms with E-state index in [4.69, 9.17) is 18.0 Å². The van der Waals surface area contributed by atoms with Gasteiger partial charge in [-0.25, -0.2) is 0 Å². The molecule has 0 saturated carbocycles. The molecule has 2 fully saturated rings. The van der Waals surface area contributed by atoms with E-state index in [1.807, 2.05) is 0 Å². The maximum absolute atomic E-state index is 11.3. The number of piperidine rings is 2. The molecule has 0 spiro atoms. The molecule has 5 heteroatoms. The number of amides is 1. The van der Waals surface area contributed by atoms with Crippen molar-refractivity contribution in [3.63, 3.8) is 0 Å². The van der Waals surface area contributed by atoms with Gasteiger partial charge >= 0.3 is 0 Å². The second-order valence-corrected chi connectivity index (χ2v) is 5.66. The molecule has 2 rings (SSSR count). The third-order valence-corrected chi connectivity index (χ3v) is 4.01. The zero-order chi connectivity index (χ0) is 12.3. The third-order valence-electron chi connectivity index (χ3n) is 3.80. The molecule has 2 unspecified atom stereocenters. The van der Waals surface area contributed by atoms with Crippen LogP contribution in [0.2, 0.25) is 0 Å². The number of rotatable bonds is 4. The lowest BCUT2D eigenvalue weighted by atomic mass is 9.85. The highest BCUT2D eigenvalue weighted by Gasteiger charge is 2.33. The van der Waals surface area contributed by atoms with Crippen molar-refractivity contribution >= 4 is 23.1 Å². The highest BCUT2D eigenvalue weighted by molar-refractivity contribution is 7.80. The molecule has 0 aliphatic carbocycles. The second kappa shape index (κ2) is 5.78. The Kier molecular flexibility index (Phi) is 4.34. The molecule has 1 amide bonds. The molecular formula is C12H21N3OS. The summed E-state index contributed by atoms with van der Waals surface area (Å²) in [6.45, 7) is 3.27. The maximum Gasteiger partial charge on any atom is 0.220 e. The number of hydrogen-bond acceptors (Lipinski definition) is 3. The molecule has 3 N–H and O–H groups in total. The average molecular weight is 255 g/mol. The van der Waals surface area contributed by atoms with Crippen LogP contribution in [0, 0.1) is 5.92 Å². The van der Waals surface area contributed by atoms with Gasteiger partial charge in [-0.05, 0) is 38.1 Å². The molecule has 2 aliphatic heterocycles. The lowest BCUT2D eigenvalue weighted by Gasteiger charge is -2.41. The van der Waals surface area contributed by atoms with Gasteiger partial charge in [0.25, 0.3) is 0 Å². The number of carbonyl (C=O) groups excluding carboxylic acids is 1. The number of nitrogens with zero attached hydrogens (tertiary/aromatic N) is 1. The third kappa shape index (κ3) is 3.64. The first-order valence-corrected chi connectivity index (χ1v) is 6.86. The molecule has 0 radical (unpaired) electrons. The molecule has 4 nitrogen and oxygen atoms in total. The predicted octanol–water partition coefficient (Wildman–Crippen LogP) is 0.653. The number of nitrogens with two attached hydrogens (primary N) is 1. The molecule has 2 saturated heterocycles. The quantitative estimate of drug-likeness (QED) is 0.724.